The lowest BCUT2D eigenvalue weighted by atomic mass is 9.47. The fourth-order valence-corrected chi connectivity index (χ4v) is 10.7. The maximum Gasteiger partial charge on any atom is 0.253 e. The van der Waals surface area contributed by atoms with Crippen LogP contribution in [0.25, 0.3) is 0 Å². The maximum atomic E-state index is 13.3. The Morgan fingerprint density at radius 3 is 2.52 bits per heavy atom. The van der Waals surface area contributed by atoms with Gasteiger partial charge in [-0.25, -0.2) is 0 Å². The Kier molecular flexibility index (Phi) is 8.32. The van der Waals surface area contributed by atoms with E-state index in [1.807, 2.05) is 16.8 Å². The van der Waals surface area contributed by atoms with Gasteiger partial charge in [-0.05, 0) is 123 Å². The molecule has 8 atom stereocenters. The van der Waals surface area contributed by atoms with Crippen molar-refractivity contribution in [3.63, 3.8) is 0 Å². The van der Waals surface area contributed by atoms with Gasteiger partial charge in [-0.3, -0.25) is 14.6 Å². The number of aromatic nitrogens is 1. The fourth-order valence-electron chi connectivity index (χ4n) is 10.7. The molecule has 0 aromatic carbocycles. The van der Waals surface area contributed by atoms with E-state index in [4.69, 9.17) is 0 Å². The van der Waals surface area contributed by atoms with Gasteiger partial charge < -0.3 is 14.9 Å². The van der Waals surface area contributed by atoms with Gasteiger partial charge in [0.25, 0.3) is 5.91 Å². The maximum absolute atomic E-state index is 13.3. The van der Waals surface area contributed by atoms with Gasteiger partial charge in [0.15, 0.2) is 0 Å². The second-order valence-electron chi connectivity index (χ2n) is 15.2. The highest BCUT2D eigenvalue weighted by Crippen LogP contribution is 2.67. The van der Waals surface area contributed by atoms with Crippen molar-refractivity contribution >= 4 is 11.8 Å². The molecule has 230 valence electrons. The largest absolute Gasteiger partial charge is 0.393 e. The lowest BCUT2D eigenvalue weighted by Crippen LogP contribution is -2.50. The number of amides is 2. The average Bonchev–Trinajstić information content (AvgIpc) is 3.37. The minimum Gasteiger partial charge on any atom is -0.393 e. The molecule has 2 heterocycles. The summed E-state index contributed by atoms with van der Waals surface area (Å²) in [5.74, 6) is 3.97. The molecule has 1 aromatic rings. The third kappa shape index (κ3) is 5.24. The highest BCUT2D eigenvalue weighted by Gasteiger charge is 2.59. The van der Waals surface area contributed by atoms with E-state index in [-0.39, 0.29) is 18.1 Å². The van der Waals surface area contributed by atoms with Crippen molar-refractivity contribution in [2.75, 3.05) is 20.1 Å². The Morgan fingerprint density at radius 1 is 1.05 bits per heavy atom. The van der Waals surface area contributed by atoms with Crippen LogP contribution >= 0.6 is 0 Å². The van der Waals surface area contributed by atoms with Crippen LogP contribution in [0.15, 0.2) is 36.2 Å². The number of aliphatic hydroxyl groups excluding tert-OH is 1. The van der Waals surface area contributed by atoms with E-state index in [1.165, 1.54) is 32.1 Å². The second-order valence-corrected chi connectivity index (χ2v) is 15.2. The number of piperidine rings is 1. The number of pyridine rings is 1. The summed E-state index contributed by atoms with van der Waals surface area (Å²) in [6, 6.07) is 3.70. The number of likely N-dealkylation sites (tertiary alicyclic amines) is 1. The van der Waals surface area contributed by atoms with E-state index >= 15 is 0 Å². The van der Waals surface area contributed by atoms with Gasteiger partial charge in [-0.1, -0.05) is 32.4 Å². The molecule has 4 aliphatic carbocycles. The standard InChI is InChI=1S/C36H53N3O3/c1-24(5-10-33(41)39-21-15-27(16-22-39)38(4)34(42)25-13-19-37-20-14-25)30-8-9-31-29-7-6-26-23-28(40)11-17-35(26,2)32(29)12-18-36(30,31)3/h6,13-14,19-20,24,27-32,40H,5,7-12,15-18,21-23H2,1-4H3/t24-,28+,29+,30-,31+,32+,35+,36-/m1/s1. The Labute approximate surface area is 253 Å². The molecule has 6 rings (SSSR count). The van der Waals surface area contributed by atoms with E-state index in [1.54, 1.807) is 30.1 Å². The van der Waals surface area contributed by atoms with Crippen molar-refractivity contribution in [1.82, 2.24) is 14.8 Å². The Bertz CT molecular complexity index is 1180. The van der Waals surface area contributed by atoms with Gasteiger partial charge in [0.1, 0.15) is 0 Å². The minimum absolute atomic E-state index is 0.0322. The Balaban J connectivity index is 1.01. The van der Waals surface area contributed by atoms with E-state index < -0.39 is 0 Å². The molecule has 1 saturated heterocycles. The summed E-state index contributed by atoms with van der Waals surface area (Å²) < 4.78 is 0. The van der Waals surface area contributed by atoms with Crippen molar-refractivity contribution in [2.24, 2.45) is 40.4 Å². The van der Waals surface area contributed by atoms with Crippen LogP contribution in [-0.4, -0.2) is 64.0 Å². The van der Waals surface area contributed by atoms with Crippen LogP contribution in [0, 0.1) is 40.4 Å². The molecule has 5 aliphatic rings. The number of carbonyl (C=O) groups excluding carboxylic acids is 2. The summed E-state index contributed by atoms with van der Waals surface area (Å²) in [6.07, 6.45) is 18.6. The van der Waals surface area contributed by atoms with E-state index in [0.29, 0.717) is 40.6 Å². The zero-order valence-corrected chi connectivity index (χ0v) is 26.4. The van der Waals surface area contributed by atoms with Gasteiger partial charge in [0.2, 0.25) is 5.91 Å². The van der Waals surface area contributed by atoms with Crippen molar-refractivity contribution in [1.29, 1.82) is 0 Å². The van der Waals surface area contributed by atoms with Crippen molar-refractivity contribution in [2.45, 2.75) is 110 Å². The summed E-state index contributed by atoms with van der Waals surface area (Å²) in [4.78, 5) is 34.1. The molecule has 42 heavy (non-hydrogen) atoms. The first-order chi connectivity index (χ1) is 20.1. The fraction of sp³-hybridized carbons (Fsp3) is 0.750. The average molecular weight is 576 g/mol. The number of aliphatic hydroxyl groups is 1. The number of hydrogen-bond donors (Lipinski definition) is 1. The quantitative estimate of drug-likeness (QED) is 0.393. The van der Waals surface area contributed by atoms with Crippen LogP contribution in [0.2, 0.25) is 0 Å². The van der Waals surface area contributed by atoms with Crippen molar-refractivity contribution < 1.29 is 14.7 Å². The summed E-state index contributed by atoms with van der Waals surface area (Å²) in [5, 5.41) is 10.3. The van der Waals surface area contributed by atoms with Gasteiger partial charge >= 0.3 is 0 Å². The molecule has 1 aliphatic heterocycles. The summed E-state index contributed by atoms with van der Waals surface area (Å²) in [6.45, 7) is 9.02. The highest BCUT2D eigenvalue weighted by atomic mass is 16.3. The van der Waals surface area contributed by atoms with Crippen LogP contribution in [0.1, 0.15) is 108 Å². The molecule has 1 aromatic heterocycles. The monoisotopic (exact) mass is 575 g/mol. The van der Waals surface area contributed by atoms with Gasteiger partial charge in [0.05, 0.1) is 6.10 Å². The lowest BCUT2D eigenvalue weighted by Gasteiger charge is -2.58. The molecular formula is C36H53N3O3. The molecule has 6 heteroatoms. The molecule has 1 N–H and O–H groups in total. The predicted octanol–water partition coefficient (Wildman–Crippen LogP) is 6.50. The third-order valence-electron chi connectivity index (χ3n) is 13.3. The van der Waals surface area contributed by atoms with Gasteiger partial charge in [-0.2, -0.15) is 0 Å². The highest BCUT2D eigenvalue weighted by molar-refractivity contribution is 5.94. The normalized spacial score (nSPS) is 37.2. The van der Waals surface area contributed by atoms with E-state index in [9.17, 15) is 14.7 Å². The number of allylic oxidation sites excluding steroid dienone is 1. The number of hydrogen-bond acceptors (Lipinski definition) is 4. The first kappa shape index (κ1) is 29.8. The number of nitrogens with zero attached hydrogens (tertiary/aromatic N) is 3. The molecule has 6 nitrogen and oxygen atoms in total. The van der Waals surface area contributed by atoms with Crippen LogP contribution < -0.4 is 0 Å². The number of carbonyl (C=O) groups is 2. The van der Waals surface area contributed by atoms with Crippen LogP contribution in [0.5, 0.6) is 0 Å². The molecular weight excluding hydrogens is 522 g/mol. The molecule has 3 saturated carbocycles. The molecule has 0 unspecified atom stereocenters. The predicted molar refractivity (Wildman–Crippen MR) is 166 cm³/mol. The molecule has 0 radical (unpaired) electrons. The van der Waals surface area contributed by atoms with E-state index in [2.05, 4.69) is 31.8 Å². The minimum atomic E-state index is -0.136. The Hall–Kier alpha value is -2.21. The zero-order valence-electron chi connectivity index (χ0n) is 26.4. The van der Waals surface area contributed by atoms with Crippen molar-refractivity contribution in [3.05, 3.63) is 41.7 Å². The second kappa shape index (κ2) is 11.7. The topological polar surface area (TPSA) is 73.7 Å². The molecule has 0 spiro atoms. The first-order valence-corrected chi connectivity index (χ1v) is 16.9. The van der Waals surface area contributed by atoms with Gasteiger partial charge in [-0.15, -0.1) is 0 Å². The number of fused-ring (bicyclic) bond motifs is 5. The van der Waals surface area contributed by atoms with Crippen LogP contribution in [0.3, 0.4) is 0 Å². The lowest BCUT2D eigenvalue weighted by molar-refractivity contribution is -0.133. The summed E-state index contributed by atoms with van der Waals surface area (Å²) in [7, 11) is 1.89. The summed E-state index contributed by atoms with van der Waals surface area (Å²) in [5.41, 5.74) is 2.92. The van der Waals surface area contributed by atoms with Crippen LogP contribution in [0.4, 0.5) is 0 Å². The zero-order chi connectivity index (χ0) is 29.6. The summed E-state index contributed by atoms with van der Waals surface area (Å²) >= 11 is 0. The smallest absolute Gasteiger partial charge is 0.253 e. The van der Waals surface area contributed by atoms with Crippen molar-refractivity contribution in [3.8, 4) is 0 Å². The van der Waals surface area contributed by atoms with Crippen LogP contribution in [-0.2, 0) is 4.79 Å². The molecule has 2 amide bonds. The van der Waals surface area contributed by atoms with Gasteiger partial charge in [0, 0.05) is 50.6 Å². The number of rotatable bonds is 6. The SMILES string of the molecule is C[C@H](CCC(=O)N1CCC(N(C)C(=O)c2ccncc2)CC1)[C@H]1CC[C@H]2[C@@H]3CC=C4C[C@@H](O)CC[C@]4(C)[C@H]3CC[C@]12C. The third-order valence-corrected chi connectivity index (χ3v) is 13.3. The first-order valence-electron chi connectivity index (χ1n) is 16.9. The Morgan fingerprint density at radius 2 is 1.79 bits per heavy atom. The van der Waals surface area contributed by atoms with E-state index in [0.717, 1.165) is 69.4 Å². The molecule has 0 bridgehead atoms. The molecule has 4 fully saturated rings.